The number of hydrogen-bond acceptors (Lipinski definition) is 4. The molecule has 0 aromatic heterocycles. The molecule has 5 heteroatoms. The second kappa shape index (κ2) is 4.25. The van der Waals surface area contributed by atoms with Gasteiger partial charge >= 0.3 is 5.97 Å². The predicted molar refractivity (Wildman–Crippen MR) is 61.5 cm³/mol. The Kier molecular flexibility index (Phi) is 2.93. The van der Waals surface area contributed by atoms with Crippen LogP contribution in [0.1, 0.15) is 22.7 Å². The van der Waals surface area contributed by atoms with E-state index in [2.05, 4.69) is 0 Å². The van der Waals surface area contributed by atoms with E-state index < -0.39 is 12.0 Å². The van der Waals surface area contributed by atoms with E-state index in [4.69, 9.17) is 20.3 Å². The molecule has 3 N–H and O–H groups in total. The third-order valence-corrected chi connectivity index (χ3v) is 3.03. The molecular weight excluding hydrogens is 222 g/mol. The van der Waals surface area contributed by atoms with Gasteiger partial charge in [0.25, 0.3) is 0 Å². The molecule has 0 amide bonds. The Labute approximate surface area is 99.1 Å². The van der Waals surface area contributed by atoms with Crippen LogP contribution in [-0.2, 0) is 4.79 Å². The smallest absolute Gasteiger partial charge is 0.325 e. The van der Waals surface area contributed by atoms with Gasteiger partial charge in [-0.2, -0.15) is 0 Å². The van der Waals surface area contributed by atoms with Crippen molar-refractivity contribution in [3.05, 3.63) is 22.8 Å². The van der Waals surface area contributed by atoms with Crippen LogP contribution in [0.2, 0.25) is 0 Å². The Morgan fingerprint density at radius 3 is 2.65 bits per heavy atom. The van der Waals surface area contributed by atoms with Crippen LogP contribution in [0.3, 0.4) is 0 Å². The van der Waals surface area contributed by atoms with Gasteiger partial charge in [0, 0.05) is 0 Å². The van der Waals surface area contributed by atoms with Crippen LogP contribution < -0.4 is 15.2 Å². The molecule has 1 aromatic carbocycles. The maximum absolute atomic E-state index is 10.9. The standard InChI is InChI=1S/C12H15NO4/c1-6-7(2)11-9(16-3-4-17-11)5-8(6)10(13)12(14)15/h5,10H,3-4,13H2,1-2H3,(H,14,15). The fourth-order valence-electron chi connectivity index (χ4n) is 1.92. The molecule has 2 rings (SSSR count). The monoisotopic (exact) mass is 237 g/mol. The van der Waals surface area contributed by atoms with Gasteiger partial charge in [0.15, 0.2) is 11.5 Å². The maximum Gasteiger partial charge on any atom is 0.325 e. The van der Waals surface area contributed by atoms with E-state index in [0.29, 0.717) is 30.3 Å². The predicted octanol–water partition coefficient (Wildman–Crippen LogP) is 1.16. The van der Waals surface area contributed by atoms with Gasteiger partial charge in [0.2, 0.25) is 0 Å². The molecule has 1 aromatic rings. The lowest BCUT2D eigenvalue weighted by molar-refractivity contribution is -0.138. The quantitative estimate of drug-likeness (QED) is 0.806. The number of aliphatic carboxylic acids is 1. The summed E-state index contributed by atoms with van der Waals surface area (Å²) >= 11 is 0. The Morgan fingerprint density at radius 1 is 1.35 bits per heavy atom. The van der Waals surface area contributed by atoms with Crippen LogP contribution >= 0.6 is 0 Å². The van der Waals surface area contributed by atoms with Gasteiger partial charge in [-0.3, -0.25) is 4.79 Å². The van der Waals surface area contributed by atoms with Crippen molar-refractivity contribution >= 4 is 5.97 Å². The third kappa shape index (κ3) is 1.93. The highest BCUT2D eigenvalue weighted by Crippen LogP contribution is 2.38. The van der Waals surface area contributed by atoms with Gasteiger partial charge in [0.1, 0.15) is 19.3 Å². The number of ether oxygens (including phenoxy) is 2. The Morgan fingerprint density at radius 2 is 2.00 bits per heavy atom. The first-order valence-electron chi connectivity index (χ1n) is 5.40. The molecule has 0 spiro atoms. The summed E-state index contributed by atoms with van der Waals surface area (Å²) in [6.45, 7) is 4.70. The van der Waals surface area contributed by atoms with Gasteiger partial charge in [0.05, 0.1) is 0 Å². The number of carboxylic acid groups (broad SMARTS) is 1. The zero-order valence-electron chi connectivity index (χ0n) is 9.82. The molecule has 0 saturated heterocycles. The lowest BCUT2D eigenvalue weighted by Crippen LogP contribution is -2.23. The van der Waals surface area contributed by atoms with Gasteiger partial charge in [-0.05, 0) is 36.6 Å². The van der Waals surface area contributed by atoms with Crippen LogP contribution in [0, 0.1) is 13.8 Å². The summed E-state index contributed by atoms with van der Waals surface area (Å²) < 4.78 is 11.0. The number of benzene rings is 1. The number of fused-ring (bicyclic) bond motifs is 1. The second-order valence-corrected chi connectivity index (χ2v) is 4.06. The molecule has 1 aliphatic rings. The molecule has 0 aliphatic carbocycles. The number of carboxylic acids is 1. The van der Waals surface area contributed by atoms with E-state index in [1.807, 2.05) is 13.8 Å². The first-order valence-corrected chi connectivity index (χ1v) is 5.40. The number of rotatable bonds is 2. The van der Waals surface area contributed by atoms with E-state index >= 15 is 0 Å². The van der Waals surface area contributed by atoms with Crippen LogP contribution in [-0.4, -0.2) is 24.3 Å². The fraction of sp³-hybridized carbons (Fsp3) is 0.417. The molecule has 0 fully saturated rings. The molecule has 5 nitrogen and oxygen atoms in total. The number of nitrogens with two attached hydrogens (primary N) is 1. The van der Waals surface area contributed by atoms with Crippen molar-refractivity contribution in [2.45, 2.75) is 19.9 Å². The summed E-state index contributed by atoms with van der Waals surface area (Å²) in [6.07, 6.45) is 0. The van der Waals surface area contributed by atoms with Crippen molar-refractivity contribution in [2.75, 3.05) is 13.2 Å². The van der Waals surface area contributed by atoms with Crippen LogP contribution in [0.4, 0.5) is 0 Å². The van der Waals surface area contributed by atoms with Crippen molar-refractivity contribution in [3.63, 3.8) is 0 Å². The van der Waals surface area contributed by atoms with Gasteiger partial charge in [-0.1, -0.05) is 0 Å². The molecule has 1 unspecified atom stereocenters. The van der Waals surface area contributed by atoms with Crippen molar-refractivity contribution in [3.8, 4) is 11.5 Å². The highest BCUT2D eigenvalue weighted by molar-refractivity contribution is 5.76. The van der Waals surface area contributed by atoms with Crippen molar-refractivity contribution in [2.24, 2.45) is 5.73 Å². The fourth-order valence-corrected chi connectivity index (χ4v) is 1.92. The largest absolute Gasteiger partial charge is 0.486 e. The lowest BCUT2D eigenvalue weighted by atomic mass is 9.96. The second-order valence-electron chi connectivity index (χ2n) is 4.06. The summed E-state index contributed by atoms with van der Waals surface area (Å²) in [5.41, 5.74) is 7.93. The minimum absolute atomic E-state index is 0.469. The topological polar surface area (TPSA) is 81.8 Å². The summed E-state index contributed by atoms with van der Waals surface area (Å²) in [6, 6.07) is 0.625. The van der Waals surface area contributed by atoms with E-state index in [9.17, 15) is 4.79 Å². The molecular formula is C12H15NO4. The van der Waals surface area contributed by atoms with E-state index in [-0.39, 0.29) is 0 Å². The normalized spacial score (nSPS) is 15.5. The summed E-state index contributed by atoms with van der Waals surface area (Å²) in [7, 11) is 0. The summed E-state index contributed by atoms with van der Waals surface area (Å²) in [5, 5.41) is 8.96. The van der Waals surface area contributed by atoms with Crippen LogP contribution in [0.5, 0.6) is 11.5 Å². The zero-order chi connectivity index (χ0) is 12.6. The molecule has 0 saturated carbocycles. The minimum Gasteiger partial charge on any atom is -0.486 e. The van der Waals surface area contributed by atoms with E-state index in [1.54, 1.807) is 6.07 Å². The van der Waals surface area contributed by atoms with Gasteiger partial charge in [-0.15, -0.1) is 0 Å². The molecule has 0 bridgehead atoms. The lowest BCUT2D eigenvalue weighted by Gasteiger charge is -2.24. The first kappa shape index (κ1) is 11.7. The molecule has 17 heavy (non-hydrogen) atoms. The third-order valence-electron chi connectivity index (χ3n) is 3.03. The molecule has 0 radical (unpaired) electrons. The average molecular weight is 237 g/mol. The Balaban J connectivity index is 2.55. The minimum atomic E-state index is -1.05. The number of carbonyl (C=O) groups is 1. The Hall–Kier alpha value is -1.75. The molecule has 1 atom stereocenters. The van der Waals surface area contributed by atoms with Crippen molar-refractivity contribution in [1.29, 1.82) is 0 Å². The van der Waals surface area contributed by atoms with Crippen molar-refractivity contribution in [1.82, 2.24) is 0 Å². The van der Waals surface area contributed by atoms with Gasteiger partial charge in [-0.25, -0.2) is 0 Å². The summed E-state index contributed by atoms with van der Waals surface area (Å²) in [5.74, 6) is 0.213. The maximum atomic E-state index is 10.9. The SMILES string of the molecule is Cc1c(C(N)C(=O)O)cc2c(c1C)OCCO2. The Bertz CT molecular complexity index is 470. The van der Waals surface area contributed by atoms with E-state index in [1.165, 1.54) is 0 Å². The molecule has 1 aliphatic heterocycles. The van der Waals surface area contributed by atoms with E-state index in [0.717, 1.165) is 11.1 Å². The van der Waals surface area contributed by atoms with Crippen LogP contribution in [0.25, 0.3) is 0 Å². The van der Waals surface area contributed by atoms with Crippen LogP contribution in [0.15, 0.2) is 6.07 Å². The molecule has 92 valence electrons. The zero-order valence-corrected chi connectivity index (χ0v) is 9.82. The highest BCUT2D eigenvalue weighted by atomic mass is 16.6. The first-order chi connectivity index (χ1) is 8.02. The number of hydrogen-bond donors (Lipinski definition) is 2. The average Bonchev–Trinajstić information content (AvgIpc) is 2.33. The highest BCUT2D eigenvalue weighted by Gasteiger charge is 2.24. The summed E-state index contributed by atoms with van der Waals surface area (Å²) in [4.78, 5) is 10.9. The van der Waals surface area contributed by atoms with Gasteiger partial charge < -0.3 is 20.3 Å². The van der Waals surface area contributed by atoms with Crippen molar-refractivity contribution < 1.29 is 19.4 Å². The molecule has 1 heterocycles.